The second kappa shape index (κ2) is 6.06. The average Bonchev–Trinajstić information content (AvgIpc) is 2.33. The summed E-state index contributed by atoms with van der Waals surface area (Å²) >= 11 is 0. The maximum absolute atomic E-state index is 6.17. The van der Waals surface area contributed by atoms with Crippen LogP contribution < -0.4 is 0 Å². The van der Waals surface area contributed by atoms with Gasteiger partial charge in [-0.1, -0.05) is 12.8 Å². The molecule has 0 aromatic carbocycles. The highest BCUT2D eigenvalue weighted by Gasteiger charge is 2.53. The third kappa shape index (κ3) is 2.88. The Balaban J connectivity index is 2.06. The summed E-state index contributed by atoms with van der Waals surface area (Å²) in [4.78, 5) is 0. The lowest BCUT2D eigenvalue weighted by Crippen LogP contribution is -2.55. The molecule has 2 saturated carbocycles. The summed E-state index contributed by atoms with van der Waals surface area (Å²) < 4.78 is 11.3. The van der Waals surface area contributed by atoms with Gasteiger partial charge in [0.05, 0.1) is 18.8 Å². The fourth-order valence-electron chi connectivity index (χ4n) is 3.45. The van der Waals surface area contributed by atoms with Crippen LogP contribution in [0, 0.1) is 11.8 Å². The van der Waals surface area contributed by atoms with E-state index in [0.717, 1.165) is 11.8 Å². The smallest absolute Gasteiger partial charge is 0.0970 e. The predicted molar refractivity (Wildman–Crippen MR) is 73.6 cm³/mol. The van der Waals surface area contributed by atoms with Gasteiger partial charge in [-0.05, 0) is 56.6 Å². The van der Waals surface area contributed by atoms with E-state index in [2.05, 4.69) is 25.7 Å². The molecule has 0 unspecified atom stereocenters. The molecule has 18 heavy (non-hydrogen) atoms. The lowest BCUT2D eigenvalue weighted by atomic mass is 9.55. The molecule has 0 heterocycles. The van der Waals surface area contributed by atoms with Crippen molar-refractivity contribution in [2.45, 2.75) is 51.6 Å². The Morgan fingerprint density at radius 1 is 1.28 bits per heavy atom. The second-order valence-electron chi connectivity index (χ2n) is 5.94. The van der Waals surface area contributed by atoms with Crippen LogP contribution in [-0.2, 0) is 9.47 Å². The fraction of sp³-hybridized carbons (Fsp3) is 0.812. The highest BCUT2D eigenvalue weighted by atomic mass is 16.5. The standard InChI is InChI=1S/C16H26O2/c1-13(2)8-9-16(18-11-10-17-3)12-14-6-4-5-7-15(14)16/h9,14-15H,4-7,10-12H2,1-3H3/t14-,15-,16+/m0/s1. The summed E-state index contributed by atoms with van der Waals surface area (Å²) in [5.41, 5.74) is 4.56. The number of fused-ring (bicyclic) bond motifs is 1. The molecule has 2 nitrogen and oxygen atoms in total. The van der Waals surface area contributed by atoms with Gasteiger partial charge >= 0.3 is 0 Å². The molecule has 0 N–H and O–H groups in total. The van der Waals surface area contributed by atoms with Crippen molar-refractivity contribution in [3.05, 3.63) is 17.4 Å². The van der Waals surface area contributed by atoms with Crippen LogP contribution in [0.5, 0.6) is 0 Å². The SMILES string of the molecule is COCCO[C@]1(C=C=C(C)C)C[C@@H]2CCCC[C@@H]21. The van der Waals surface area contributed by atoms with Crippen molar-refractivity contribution >= 4 is 0 Å². The molecule has 3 atom stereocenters. The predicted octanol–water partition coefficient (Wildman–Crippen LogP) is 3.72. The molecule has 0 bridgehead atoms. The zero-order valence-corrected chi connectivity index (χ0v) is 12.0. The van der Waals surface area contributed by atoms with Crippen LogP contribution in [0.4, 0.5) is 0 Å². The Labute approximate surface area is 111 Å². The van der Waals surface area contributed by atoms with Gasteiger partial charge in [0, 0.05) is 7.11 Å². The molecule has 102 valence electrons. The lowest BCUT2D eigenvalue weighted by molar-refractivity contribution is -0.166. The first-order chi connectivity index (χ1) is 8.68. The van der Waals surface area contributed by atoms with Gasteiger partial charge in [0.15, 0.2) is 0 Å². The first-order valence-electron chi connectivity index (χ1n) is 7.22. The maximum atomic E-state index is 6.17. The molecule has 0 radical (unpaired) electrons. The van der Waals surface area contributed by atoms with Crippen LogP contribution in [0.2, 0.25) is 0 Å². The van der Waals surface area contributed by atoms with E-state index in [-0.39, 0.29) is 5.60 Å². The van der Waals surface area contributed by atoms with Gasteiger partial charge < -0.3 is 9.47 Å². The molecular formula is C16H26O2. The topological polar surface area (TPSA) is 18.5 Å². The molecule has 2 heteroatoms. The molecule has 2 aliphatic carbocycles. The maximum Gasteiger partial charge on any atom is 0.0970 e. The summed E-state index contributed by atoms with van der Waals surface area (Å²) in [6.07, 6.45) is 8.86. The van der Waals surface area contributed by atoms with E-state index in [1.165, 1.54) is 37.7 Å². The van der Waals surface area contributed by atoms with E-state index in [1.807, 2.05) is 0 Å². The Bertz CT molecular complexity index is 337. The molecule has 0 saturated heterocycles. The lowest BCUT2D eigenvalue weighted by Gasteiger charge is -2.55. The number of ether oxygens (including phenoxy) is 2. The number of hydrogen-bond donors (Lipinski definition) is 0. The Morgan fingerprint density at radius 3 is 2.72 bits per heavy atom. The average molecular weight is 250 g/mol. The van der Waals surface area contributed by atoms with Gasteiger partial charge in [0.2, 0.25) is 0 Å². The van der Waals surface area contributed by atoms with Crippen LogP contribution in [0.25, 0.3) is 0 Å². The van der Waals surface area contributed by atoms with E-state index in [9.17, 15) is 0 Å². The van der Waals surface area contributed by atoms with Crippen molar-refractivity contribution in [1.82, 2.24) is 0 Å². The van der Waals surface area contributed by atoms with Gasteiger partial charge in [-0.15, -0.1) is 5.73 Å². The highest BCUT2D eigenvalue weighted by Crippen LogP contribution is 2.54. The first-order valence-corrected chi connectivity index (χ1v) is 7.22. The molecule has 2 fully saturated rings. The van der Waals surface area contributed by atoms with Crippen LogP contribution in [-0.4, -0.2) is 25.9 Å². The number of hydrogen-bond acceptors (Lipinski definition) is 2. The molecule has 2 aliphatic rings. The molecule has 0 aromatic rings. The summed E-state index contributed by atoms with van der Waals surface area (Å²) in [7, 11) is 1.73. The van der Waals surface area contributed by atoms with Crippen molar-refractivity contribution in [2.24, 2.45) is 11.8 Å². The van der Waals surface area contributed by atoms with Crippen molar-refractivity contribution in [3.8, 4) is 0 Å². The Morgan fingerprint density at radius 2 is 2.06 bits per heavy atom. The summed E-state index contributed by atoms with van der Waals surface area (Å²) in [5.74, 6) is 1.60. The first kappa shape index (κ1) is 13.9. The summed E-state index contributed by atoms with van der Waals surface area (Å²) in [6.45, 7) is 5.56. The third-order valence-electron chi connectivity index (χ3n) is 4.38. The van der Waals surface area contributed by atoms with Crippen LogP contribution in [0.3, 0.4) is 0 Å². The van der Waals surface area contributed by atoms with Crippen LogP contribution in [0.1, 0.15) is 46.0 Å². The summed E-state index contributed by atoms with van der Waals surface area (Å²) in [6, 6.07) is 0. The van der Waals surface area contributed by atoms with Gasteiger partial charge in [0.1, 0.15) is 0 Å². The normalized spacial score (nSPS) is 34.2. The van der Waals surface area contributed by atoms with Gasteiger partial charge in [-0.25, -0.2) is 0 Å². The monoisotopic (exact) mass is 250 g/mol. The van der Waals surface area contributed by atoms with E-state index in [0.29, 0.717) is 13.2 Å². The molecular weight excluding hydrogens is 224 g/mol. The molecule has 0 aromatic heterocycles. The van der Waals surface area contributed by atoms with Gasteiger partial charge in [-0.3, -0.25) is 0 Å². The highest BCUT2D eigenvalue weighted by molar-refractivity contribution is 5.17. The van der Waals surface area contributed by atoms with Crippen molar-refractivity contribution in [1.29, 1.82) is 0 Å². The minimum Gasteiger partial charge on any atom is -0.382 e. The Hall–Kier alpha value is -0.560. The van der Waals surface area contributed by atoms with E-state index in [4.69, 9.17) is 9.47 Å². The summed E-state index contributed by atoms with van der Waals surface area (Å²) in [5, 5.41) is 0. The quantitative estimate of drug-likeness (QED) is 0.547. The molecule has 0 spiro atoms. The fourth-order valence-corrected chi connectivity index (χ4v) is 3.45. The minimum atomic E-state index is -0.0408. The van der Waals surface area contributed by atoms with Crippen molar-refractivity contribution in [3.63, 3.8) is 0 Å². The van der Waals surface area contributed by atoms with Crippen molar-refractivity contribution < 1.29 is 9.47 Å². The number of methoxy groups -OCH3 is 1. The third-order valence-corrected chi connectivity index (χ3v) is 4.38. The largest absolute Gasteiger partial charge is 0.382 e. The minimum absolute atomic E-state index is 0.0408. The zero-order chi connectivity index (χ0) is 13.0. The van der Waals surface area contributed by atoms with Crippen molar-refractivity contribution in [2.75, 3.05) is 20.3 Å². The Kier molecular flexibility index (Phi) is 4.66. The number of rotatable bonds is 5. The molecule has 0 aliphatic heterocycles. The second-order valence-corrected chi connectivity index (χ2v) is 5.94. The van der Waals surface area contributed by atoms with E-state index in [1.54, 1.807) is 7.11 Å². The molecule has 2 rings (SSSR count). The zero-order valence-electron chi connectivity index (χ0n) is 12.0. The molecule has 0 amide bonds. The van der Waals surface area contributed by atoms with Crippen LogP contribution >= 0.6 is 0 Å². The van der Waals surface area contributed by atoms with Gasteiger partial charge in [-0.2, -0.15) is 0 Å². The van der Waals surface area contributed by atoms with Gasteiger partial charge in [0.25, 0.3) is 0 Å². The van der Waals surface area contributed by atoms with Crippen LogP contribution in [0.15, 0.2) is 17.4 Å². The van der Waals surface area contributed by atoms with E-state index < -0.39 is 0 Å². The van der Waals surface area contributed by atoms with E-state index >= 15 is 0 Å².